The van der Waals surface area contributed by atoms with Gasteiger partial charge in [0.2, 0.25) is 17.8 Å². The van der Waals surface area contributed by atoms with Gasteiger partial charge in [-0.3, -0.25) is 14.3 Å². The number of carbonyl (C=O) groups is 2. The van der Waals surface area contributed by atoms with Gasteiger partial charge in [0.15, 0.2) is 0 Å². The number of hydrogen-bond donors (Lipinski definition) is 1. The van der Waals surface area contributed by atoms with Crippen LogP contribution in [-0.2, 0) is 14.3 Å². The van der Waals surface area contributed by atoms with Crippen LogP contribution in [0.3, 0.4) is 0 Å². The number of rotatable bonds is 5. The number of aromatic nitrogens is 4. The number of hydrogen-bond acceptors (Lipinski definition) is 7. The monoisotopic (exact) mass is 527 g/mol. The number of nitrogens with zero attached hydrogens (tertiary/aromatic N) is 6. The SMILES string of the molecule is Cc1c(NC(=O)C23CCC(C(=O)N4CCN(c5ncc(Cl)cn5)CC4)(CC2)CC3)cnn1[C@@H]1CCOC1. The van der Waals surface area contributed by atoms with Crippen LogP contribution in [0.15, 0.2) is 18.6 Å². The van der Waals surface area contributed by atoms with Crippen molar-refractivity contribution in [3.63, 3.8) is 0 Å². The molecular formula is C26H34ClN7O3. The smallest absolute Gasteiger partial charge is 0.230 e. The van der Waals surface area contributed by atoms with E-state index in [0.717, 1.165) is 62.9 Å². The topological polar surface area (TPSA) is 105 Å². The van der Waals surface area contributed by atoms with Gasteiger partial charge in [-0.05, 0) is 51.9 Å². The van der Waals surface area contributed by atoms with Crippen molar-refractivity contribution < 1.29 is 14.3 Å². The van der Waals surface area contributed by atoms with Crippen LogP contribution in [0, 0.1) is 17.8 Å². The molecule has 2 aromatic rings. The van der Waals surface area contributed by atoms with Gasteiger partial charge in [0, 0.05) is 43.6 Å². The van der Waals surface area contributed by atoms with Crippen molar-refractivity contribution in [1.82, 2.24) is 24.6 Å². The number of amides is 2. The minimum absolute atomic E-state index is 0.0788. The van der Waals surface area contributed by atoms with Gasteiger partial charge in [-0.1, -0.05) is 11.6 Å². The van der Waals surface area contributed by atoms with Gasteiger partial charge in [0.05, 0.1) is 47.6 Å². The summed E-state index contributed by atoms with van der Waals surface area (Å²) in [5.74, 6) is 0.988. The summed E-state index contributed by atoms with van der Waals surface area (Å²) in [5.41, 5.74) is 1.04. The quantitative estimate of drug-likeness (QED) is 0.636. The number of anilines is 2. The maximum atomic E-state index is 13.7. The second kappa shape index (κ2) is 9.54. The molecule has 7 rings (SSSR count). The highest BCUT2D eigenvalue weighted by Gasteiger charge is 2.56. The summed E-state index contributed by atoms with van der Waals surface area (Å²) in [4.78, 5) is 39.9. The molecule has 2 bridgehead atoms. The second-order valence-corrected chi connectivity index (χ2v) is 11.5. The van der Waals surface area contributed by atoms with Crippen LogP contribution in [0.2, 0.25) is 5.02 Å². The molecular weight excluding hydrogens is 494 g/mol. The first kappa shape index (κ1) is 24.6. The molecule has 2 aliphatic heterocycles. The molecule has 3 aliphatic carbocycles. The Labute approximate surface area is 221 Å². The summed E-state index contributed by atoms with van der Waals surface area (Å²) in [7, 11) is 0. The van der Waals surface area contributed by atoms with Crippen LogP contribution in [0.4, 0.5) is 11.6 Å². The first-order valence-electron chi connectivity index (χ1n) is 13.3. The van der Waals surface area contributed by atoms with E-state index in [1.807, 2.05) is 16.5 Å². The maximum absolute atomic E-state index is 13.7. The Balaban J connectivity index is 1.06. The predicted molar refractivity (Wildman–Crippen MR) is 138 cm³/mol. The molecule has 0 aromatic carbocycles. The van der Waals surface area contributed by atoms with Gasteiger partial charge in [0.25, 0.3) is 0 Å². The van der Waals surface area contributed by atoms with E-state index in [0.29, 0.717) is 43.8 Å². The van der Waals surface area contributed by atoms with Gasteiger partial charge >= 0.3 is 0 Å². The van der Waals surface area contributed by atoms with E-state index in [4.69, 9.17) is 16.3 Å². The number of fused-ring (bicyclic) bond motifs is 3. The molecule has 5 fully saturated rings. The third-order valence-electron chi connectivity index (χ3n) is 9.18. The second-order valence-electron chi connectivity index (χ2n) is 11.1. The molecule has 11 heteroatoms. The Morgan fingerprint density at radius 3 is 2.27 bits per heavy atom. The molecule has 1 atom stereocenters. The van der Waals surface area contributed by atoms with Gasteiger partial charge in [0.1, 0.15) is 0 Å². The van der Waals surface area contributed by atoms with Crippen LogP contribution >= 0.6 is 11.6 Å². The molecule has 4 heterocycles. The van der Waals surface area contributed by atoms with Crippen LogP contribution < -0.4 is 10.2 Å². The van der Waals surface area contributed by atoms with Crippen molar-refractivity contribution in [3.8, 4) is 0 Å². The summed E-state index contributed by atoms with van der Waals surface area (Å²) >= 11 is 5.91. The first-order chi connectivity index (χ1) is 17.9. The molecule has 5 aliphatic rings. The lowest BCUT2D eigenvalue weighted by atomic mass is 9.53. The number of ether oxygens (including phenoxy) is 1. The van der Waals surface area contributed by atoms with Gasteiger partial charge < -0.3 is 19.9 Å². The van der Waals surface area contributed by atoms with E-state index in [1.54, 1.807) is 18.6 Å². The van der Waals surface area contributed by atoms with Crippen molar-refractivity contribution in [2.24, 2.45) is 10.8 Å². The fourth-order valence-corrected chi connectivity index (χ4v) is 6.74. The first-order valence-corrected chi connectivity index (χ1v) is 13.7. The zero-order chi connectivity index (χ0) is 25.6. The Hall–Kier alpha value is -2.72. The van der Waals surface area contributed by atoms with Crippen molar-refractivity contribution in [2.45, 2.75) is 57.9 Å². The summed E-state index contributed by atoms with van der Waals surface area (Å²) in [6.07, 6.45) is 10.5. The van der Waals surface area contributed by atoms with Crippen molar-refractivity contribution in [2.75, 3.05) is 49.6 Å². The van der Waals surface area contributed by atoms with E-state index in [-0.39, 0.29) is 23.3 Å². The van der Waals surface area contributed by atoms with E-state index < -0.39 is 5.41 Å². The summed E-state index contributed by atoms with van der Waals surface area (Å²) in [5, 5.41) is 8.22. The van der Waals surface area contributed by atoms with E-state index in [2.05, 4.69) is 25.3 Å². The number of piperazine rings is 1. The Bertz CT molecular complexity index is 1140. The number of nitrogens with one attached hydrogen (secondary N) is 1. The molecule has 198 valence electrons. The average Bonchev–Trinajstić information content (AvgIpc) is 3.60. The Kier molecular flexibility index (Phi) is 6.35. The third-order valence-corrected chi connectivity index (χ3v) is 9.38. The minimum Gasteiger partial charge on any atom is -0.379 e. The van der Waals surface area contributed by atoms with E-state index >= 15 is 0 Å². The van der Waals surface area contributed by atoms with Gasteiger partial charge in [-0.25, -0.2) is 9.97 Å². The lowest BCUT2D eigenvalue weighted by molar-refractivity contribution is -0.156. The largest absolute Gasteiger partial charge is 0.379 e. The summed E-state index contributed by atoms with van der Waals surface area (Å²) in [6, 6.07) is 0.236. The fraction of sp³-hybridized carbons (Fsp3) is 0.654. The fourth-order valence-electron chi connectivity index (χ4n) is 6.64. The number of halogens is 1. The normalized spacial score (nSPS) is 29.5. The predicted octanol–water partition coefficient (Wildman–Crippen LogP) is 3.22. The highest BCUT2D eigenvalue weighted by molar-refractivity contribution is 6.30. The van der Waals surface area contributed by atoms with Crippen LogP contribution in [0.1, 0.15) is 56.7 Å². The average molecular weight is 528 g/mol. The minimum atomic E-state index is -0.391. The maximum Gasteiger partial charge on any atom is 0.230 e. The standard InChI is InChI=1S/C26H34ClN7O3/c1-18-21(16-30-34(18)20-2-13-37-17-20)31-22(35)25-3-6-26(7-4-25,8-5-25)23(36)32-9-11-33(12-10-32)24-28-14-19(27)15-29-24/h14-16,20H,2-13,17H2,1H3,(H,31,35)/t20-,25?,26?/m1/s1. The molecule has 1 N–H and O–H groups in total. The molecule has 2 saturated heterocycles. The number of carbonyl (C=O) groups excluding carboxylic acids is 2. The molecule has 10 nitrogen and oxygen atoms in total. The molecule has 0 unspecified atom stereocenters. The molecule has 2 aromatic heterocycles. The molecule has 0 spiro atoms. The zero-order valence-corrected chi connectivity index (χ0v) is 22.0. The lowest BCUT2D eigenvalue weighted by Gasteiger charge is -2.53. The Morgan fingerprint density at radius 2 is 1.65 bits per heavy atom. The highest BCUT2D eigenvalue weighted by Crippen LogP contribution is 2.58. The van der Waals surface area contributed by atoms with Crippen LogP contribution in [0.5, 0.6) is 0 Å². The van der Waals surface area contributed by atoms with Gasteiger partial charge in [-0.15, -0.1) is 0 Å². The van der Waals surface area contributed by atoms with Crippen molar-refractivity contribution in [1.29, 1.82) is 0 Å². The Morgan fingerprint density at radius 1 is 1.00 bits per heavy atom. The third kappa shape index (κ3) is 4.37. The lowest BCUT2D eigenvalue weighted by Crippen LogP contribution is -2.58. The van der Waals surface area contributed by atoms with E-state index in [9.17, 15) is 9.59 Å². The summed E-state index contributed by atoms with van der Waals surface area (Å²) in [6.45, 7) is 6.15. The highest BCUT2D eigenvalue weighted by atomic mass is 35.5. The van der Waals surface area contributed by atoms with Gasteiger partial charge in [-0.2, -0.15) is 5.10 Å². The van der Waals surface area contributed by atoms with Crippen LogP contribution in [-0.4, -0.2) is 75.9 Å². The van der Waals surface area contributed by atoms with Crippen molar-refractivity contribution in [3.05, 3.63) is 29.3 Å². The molecule has 3 saturated carbocycles. The molecule has 0 radical (unpaired) electrons. The molecule has 2 amide bonds. The van der Waals surface area contributed by atoms with E-state index in [1.165, 1.54) is 0 Å². The van der Waals surface area contributed by atoms with Crippen LogP contribution in [0.25, 0.3) is 0 Å². The molecule has 37 heavy (non-hydrogen) atoms. The van der Waals surface area contributed by atoms with Crippen molar-refractivity contribution >= 4 is 35.1 Å². The zero-order valence-electron chi connectivity index (χ0n) is 21.3. The summed E-state index contributed by atoms with van der Waals surface area (Å²) < 4.78 is 7.48.